The molecule has 2 rings (SSSR count). The lowest BCUT2D eigenvalue weighted by Crippen LogP contribution is -2.41. The molecule has 0 bridgehead atoms. The predicted octanol–water partition coefficient (Wildman–Crippen LogP) is 1.51. The van der Waals surface area contributed by atoms with Crippen LogP contribution in [0.4, 0.5) is 5.69 Å². The van der Waals surface area contributed by atoms with Gasteiger partial charge in [-0.3, -0.25) is 14.9 Å². The summed E-state index contributed by atoms with van der Waals surface area (Å²) in [4.78, 5) is 16.6. The topological polar surface area (TPSA) is 96.3 Å². The highest BCUT2D eigenvalue weighted by Crippen LogP contribution is 2.18. The molecular formula is C17H25N5O3S. The number of aryl methyl sites for hydroxylation is 2. The lowest BCUT2D eigenvalue weighted by molar-refractivity contribution is 0.0945. The summed E-state index contributed by atoms with van der Waals surface area (Å²) in [6, 6.07) is 7.01. The van der Waals surface area contributed by atoms with Crippen LogP contribution in [-0.2, 0) is 17.1 Å². The van der Waals surface area contributed by atoms with Crippen LogP contribution in [0.1, 0.15) is 35.6 Å². The summed E-state index contributed by atoms with van der Waals surface area (Å²) in [5.74, 6) is -0.529. The maximum atomic E-state index is 12.5. The molecule has 0 aliphatic rings. The Balaban J connectivity index is 2.10. The zero-order valence-corrected chi connectivity index (χ0v) is 16.5. The molecule has 9 heteroatoms. The van der Waals surface area contributed by atoms with Crippen molar-refractivity contribution in [1.29, 1.82) is 0 Å². The molecule has 0 unspecified atom stereocenters. The summed E-state index contributed by atoms with van der Waals surface area (Å²) in [6.45, 7) is 9.11. The standard InChI is InChI=1S/C17H25N5O3S/c1-6-22(7-2)15-10-8-14(9-11-15)17(23)18-20-26(24,25)16-12(3)19-21(5)13(16)4/h8-11,20H,6-7H2,1-5H3,(H,18,23). The minimum Gasteiger partial charge on any atom is -0.372 e. The third kappa shape index (κ3) is 4.05. The van der Waals surface area contributed by atoms with Crippen molar-refractivity contribution < 1.29 is 13.2 Å². The van der Waals surface area contributed by atoms with Crippen molar-refractivity contribution in [3.05, 3.63) is 41.2 Å². The highest BCUT2D eigenvalue weighted by molar-refractivity contribution is 7.89. The van der Waals surface area contributed by atoms with Gasteiger partial charge in [0.1, 0.15) is 4.90 Å². The molecular weight excluding hydrogens is 354 g/mol. The Morgan fingerprint density at radius 3 is 2.19 bits per heavy atom. The molecule has 0 saturated heterocycles. The van der Waals surface area contributed by atoms with Crippen LogP contribution in [0.25, 0.3) is 0 Å². The summed E-state index contributed by atoms with van der Waals surface area (Å²) in [7, 11) is -2.24. The highest BCUT2D eigenvalue weighted by atomic mass is 32.2. The average Bonchev–Trinajstić information content (AvgIpc) is 2.87. The van der Waals surface area contributed by atoms with Gasteiger partial charge in [-0.1, -0.05) is 0 Å². The Labute approximate surface area is 154 Å². The molecule has 1 aromatic heterocycles. The molecule has 1 aromatic carbocycles. The number of anilines is 1. The maximum Gasteiger partial charge on any atom is 0.266 e. The van der Waals surface area contributed by atoms with Crippen molar-refractivity contribution in [3.8, 4) is 0 Å². The van der Waals surface area contributed by atoms with Crippen LogP contribution in [0.5, 0.6) is 0 Å². The second-order valence-electron chi connectivity index (χ2n) is 5.90. The first-order chi connectivity index (χ1) is 12.2. The van der Waals surface area contributed by atoms with Crippen molar-refractivity contribution in [2.45, 2.75) is 32.6 Å². The number of rotatable bonds is 7. The van der Waals surface area contributed by atoms with Gasteiger partial charge >= 0.3 is 0 Å². The third-order valence-electron chi connectivity index (χ3n) is 4.27. The fourth-order valence-corrected chi connectivity index (χ4v) is 4.07. The molecule has 1 heterocycles. The van der Waals surface area contributed by atoms with Crippen molar-refractivity contribution in [2.24, 2.45) is 7.05 Å². The minimum absolute atomic E-state index is 0.0668. The van der Waals surface area contributed by atoms with Gasteiger partial charge < -0.3 is 4.90 Å². The van der Waals surface area contributed by atoms with Gasteiger partial charge in [0, 0.05) is 31.4 Å². The summed E-state index contributed by atoms with van der Waals surface area (Å²) >= 11 is 0. The van der Waals surface area contributed by atoms with E-state index < -0.39 is 15.9 Å². The van der Waals surface area contributed by atoms with Gasteiger partial charge in [-0.15, -0.1) is 4.83 Å². The second-order valence-corrected chi connectivity index (χ2v) is 7.52. The van der Waals surface area contributed by atoms with Crippen molar-refractivity contribution in [3.63, 3.8) is 0 Å². The molecule has 8 nitrogen and oxygen atoms in total. The number of nitrogens with one attached hydrogen (secondary N) is 2. The maximum absolute atomic E-state index is 12.5. The van der Waals surface area contributed by atoms with Crippen LogP contribution in [-0.4, -0.2) is 37.2 Å². The Morgan fingerprint density at radius 2 is 1.73 bits per heavy atom. The second kappa shape index (κ2) is 7.88. The van der Waals surface area contributed by atoms with E-state index in [1.807, 2.05) is 12.1 Å². The molecule has 2 N–H and O–H groups in total. The van der Waals surface area contributed by atoms with E-state index in [2.05, 4.69) is 34.1 Å². The number of hydrogen-bond acceptors (Lipinski definition) is 5. The van der Waals surface area contributed by atoms with Gasteiger partial charge in [0.05, 0.1) is 11.4 Å². The number of hydrazine groups is 1. The van der Waals surface area contributed by atoms with Crippen LogP contribution >= 0.6 is 0 Å². The molecule has 0 aliphatic heterocycles. The lowest BCUT2D eigenvalue weighted by atomic mass is 10.2. The molecule has 0 spiro atoms. The Bertz CT molecular complexity index is 884. The first-order valence-corrected chi connectivity index (χ1v) is 9.86. The van der Waals surface area contributed by atoms with E-state index >= 15 is 0 Å². The van der Waals surface area contributed by atoms with Gasteiger partial charge in [0.15, 0.2) is 0 Å². The van der Waals surface area contributed by atoms with Crippen molar-refractivity contribution >= 4 is 21.6 Å². The normalized spacial score (nSPS) is 11.4. The zero-order valence-electron chi connectivity index (χ0n) is 15.7. The van der Waals surface area contributed by atoms with Gasteiger partial charge in [0.2, 0.25) is 0 Å². The van der Waals surface area contributed by atoms with Crippen LogP contribution < -0.4 is 15.2 Å². The number of sulfonamides is 1. The Kier molecular flexibility index (Phi) is 6.04. The van der Waals surface area contributed by atoms with E-state index in [0.29, 0.717) is 17.0 Å². The average molecular weight is 379 g/mol. The van der Waals surface area contributed by atoms with Crippen LogP contribution in [0.15, 0.2) is 29.2 Å². The number of benzene rings is 1. The number of hydrogen-bond donors (Lipinski definition) is 2. The molecule has 2 aromatic rings. The summed E-state index contributed by atoms with van der Waals surface area (Å²) in [5, 5.41) is 4.08. The molecule has 0 radical (unpaired) electrons. The minimum atomic E-state index is -3.91. The van der Waals surface area contributed by atoms with Crippen LogP contribution in [0.2, 0.25) is 0 Å². The lowest BCUT2D eigenvalue weighted by Gasteiger charge is -2.21. The van der Waals surface area contributed by atoms with E-state index in [1.165, 1.54) is 4.68 Å². The third-order valence-corrected chi connectivity index (χ3v) is 5.77. The monoisotopic (exact) mass is 379 g/mol. The first-order valence-electron chi connectivity index (χ1n) is 8.38. The zero-order chi connectivity index (χ0) is 19.5. The number of amides is 1. The number of aromatic nitrogens is 2. The van der Waals surface area contributed by atoms with Gasteiger partial charge in [-0.2, -0.15) is 5.10 Å². The molecule has 142 valence electrons. The molecule has 26 heavy (non-hydrogen) atoms. The quantitative estimate of drug-likeness (QED) is 0.711. The van der Waals surface area contributed by atoms with Gasteiger partial charge in [-0.25, -0.2) is 8.42 Å². The summed E-state index contributed by atoms with van der Waals surface area (Å²) < 4.78 is 26.4. The number of carbonyl (C=O) groups excluding carboxylic acids is 1. The SMILES string of the molecule is CCN(CC)c1ccc(C(=O)NNS(=O)(=O)c2c(C)nn(C)c2C)cc1. The Hall–Kier alpha value is -2.39. The van der Waals surface area contributed by atoms with Crippen LogP contribution in [0, 0.1) is 13.8 Å². The summed E-state index contributed by atoms with van der Waals surface area (Å²) in [6.07, 6.45) is 0. The van der Waals surface area contributed by atoms with E-state index in [4.69, 9.17) is 0 Å². The molecule has 1 amide bonds. The molecule has 0 fully saturated rings. The molecule has 0 aliphatic carbocycles. The van der Waals surface area contributed by atoms with Gasteiger partial charge in [0.25, 0.3) is 15.9 Å². The van der Waals surface area contributed by atoms with Crippen molar-refractivity contribution in [1.82, 2.24) is 20.0 Å². The van der Waals surface area contributed by atoms with Crippen molar-refractivity contribution in [2.75, 3.05) is 18.0 Å². The number of carbonyl (C=O) groups is 1. The van der Waals surface area contributed by atoms with Gasteiger partial charge in [-0.05, 0) is 52.0 Å². The van der Waals surface area contributed by atoms with E-state index in [9.17, 15) is 13.2 Å². The fourth-order valence-electron chi connectivity index (χ4n) is 2.79. The Morgan fingerprint density at radius 1 is 1.15 bits per heavy atom. The van der Waals surface area contributed by atoms with Crippen LogP contribution in [0.3, 0.4) is 0 Å². The smallest absolute Gasteiger partial charge is 0.266 e. The highest BCUT2D eigenvalue weighted by Gasteiger charge is 2.24. The van der Waals surface area contributed by atoms with E-state index in [0.717, 1.165) is 18.8 Å². The van der Waals surface area contributed by atoms with E-state index in [1.54, 1.807) is 33.0 Å². The largest absolute Gasteiger partial charge is 0.372 e. The van der Waals surface area contributed by atoms with E-state index in [-0.39, 0.29) is 4.90 Å². The summed E-state index contributed by atoms with van der Waals surface area (Å²) in [5.41, 5.74) is 4.49. The molecule has 0 saturated carbocycles. The number of nitrogens with zero attached hydrogens (tertiary/aromatic N) is 3. The first kappa shape index (κ1) is 19.9. The molecule has 0 atom stereocenters. The fraction of sp³-hybridized carbons (Fsp3) is 0.412. The predicted molar refractivity (Wildman–Crippen MR) is 100 cm³/mol.